The van der Waals surface area contributed by atoms with Gasteiger partial charge < -0.3 is 10.1 Å². The zero-order valence-corrected chi connectivity index (χ0v) is 8.67. The third kappa shape index (κ3) is 1.76. The molecule has 0 radical (unpaired) electrons. The Morgan fingerprint density at radius 1 is 1.56 bits per heavy atom. The molecule has 0 aliphatic carbocycles. The summed E-state index contributed by atoms with van der Waals surface area (Å²) in [4.78, 5) is 22.7. The van der Waals surface area contributed by atoms with Gasteiger partial charge in [0.05, 0.1) is 24.3 Å². The molecule has 0 aromatic heterocycles. The minimum Gasteiger partial charge on any atom is -0.462 e. The maximum atomic E-state index is 13.2. The first-order valence-corrected chi connectivity index (χ1v) is 4.91. The van der Waals surface area contributed by atoms with Crippen LogP contribution in [0.4, 0.5) is 10.1 Å². The Morgan fingerprint density at radius 2 is 2.31 bits per heavy atom. The Labute approximate surface area is 91.4 Å². The quantitative estimate of drug-likeness (QED) is 0.773. The first-order valence-electron chi connectivity index (χ1n) is 4.91. The van der Waals surface area contributed by atoms with Gasteiger partial charge in [0.1, 0.15) is 5.82 Å². The van der Waals surface area contributed by atoms with Gasteiger partial charge in [0.25, 0.3) is 0 Å². The second kappa shape index (κ2) is 3.92. The maximum absolute atomic E-state index is 13.2. The van der Waals surface area contributed by atoms with Crippen molar-refractivity contribution in [2.75, 3.05) is 11.9 Å². The average molecular weight is 223 g/mol. The van der Waals surface area contributed by atoms with Gasteiger partial charge in [-0.15, -0.1) is 0 Å². The van der Waals surface area contributed by atoms with Crippen molar-refractivity contribution in [2.24, 2.45) is 0 Å². The molecular weight excluding hydrogens is 213 g/mol. The predicted molar refractivity (Wildman–Crippen MR) is 54.7 cm³/mol. The minimum absolute atomic E-state index is 0.0719. The Hall–Kier alpha value is -1.91. The van der Waals surface area contributed by atoms with Crippen LogP contribution in [0.5, 0.6) is 0 Å². The van der Waals surface area contributed by atoms with Gasteiger partial charge in [0.2, 0.25) is 5.91 Å². The van der Waals surface area contributed by atoms with Gasteiger partial charge in [-0.3, -0.25) is 4.79 Å². The van der Waals surface area contributed by atoms with E-state index in [0.717, 1.165) is 6.07 Å². The molecular formula is C11H10FNO3. The van der Waals surface area contributed by atoms with Crippen molar-refractivity contribution in [2.45, 2.75) is 13.3 Å². The molecule has 0 saturated carbocycles. The fraction of sp³-hybridized carbons (Fsp3) is 0.273. The van der Waals surface area contributed by atoms with E-state index in [4.69, 9.17) is 4.74 Å². The number of hydrogen-bond acceptors (Lipinski definition) is 3. The van der Waals surface area contributed by atoms with Crippen molar-refractivity contribution in [3.8, 4) is 0 Å². The monoisotopic (exact) mass is 223 g/mol. The zero-order valence-electron chi connectivity index (χ0n) is 8.67. The lowest BCUT2D eigenvalue weighted by Gasteiger charge is -2.07. The van der Waals surface area contributed by atoms with E-state index in [1.165, 1.54) is 6.07 Å². The summed E-state index contributed by atoms with van der Waals surface area (Å²) in [6, 6.07) is 2.32. The van der Waals surface area contributed by atoms with E-state index in [-0.39, 0.29) is 24.5 Å². The lowest BCUT2D eigenvalue weighted by atomic mass is 10.1. The van der Waals surface area contributed by atoms with Crippen LogP contribution in [0.15, 0.2) is 12.1 Å². The summed E-state index contributed by atoms with van der Waals surface area (Å²) in [6.45, 7) is 1.87. The van der Waals surface area contributed by atoms with Crippen LogP contribution in [0.2, 0.25) is 0 Å². The number of amides is 1. The summed E-state index contributed by atoms with van der Waals surface area (Å²) in [5.74, 6) is -1.41. The van der Waals surface area contributed by atoms with Crippen LogP contribution in [-0.4, -0.2) is 18.5 Å². The molecule has 2 rings (SSSR count). The second-order valence-corrected chi connectivity index (χ2v) is 3.43. The Kier molecular flexibility index (Phi) is 2.60. The molecule has 1 aliphatic rings. The van der Waals surface area contributed by atoms with Crippen molar-refractivity contribution in [1.29, 1.82) is 0 Å². The Balaban J connectivity index is 2.46. The number of carbonyl (C=O) groups is 2. The molecule has 0 unspecified atom stereocenters. The average Bonchev–Trinajstić information content (AvgIpc) is 2.57. The van der Waals surface area contributed by atoms with Crippen LogP contribution >= 0.6 is 0 Å². The topological polar surface area (TPSA) is 55.4 Å². The molecule has 0 bridgehead atoms. The molecule has 1 heterocycles. The summed E-state index contributed by atoms with van der Waals surface area (Å²) in [5, 5.41) is 2.53. The summed E-state index contributed by atoms with van der Waals surface area (Å²) in [6.07, 6.45) is 0.0967. The molecule has 0 atom stereocenters. The maximum Gasteiger partial charge on any atom is 0.340 e. The van der Waals surface area contributed by atoms with E-state index in [0.29, 0.717) is 11.3 Å². The molecule has 84 valence electrons. The lowest BCUT2D eigenvalue weighted by molar-refractivity contribution is -0.115. The molecule has 1 aromatic carbocycles. The third-order valence-electron chi connectivity index (χ3n) is 2.30. The highest BCUT2D eigenvalue weighted by Gasteiger charge is 2.25. The first kappa shape index (κ1) is 10.6. The molecule has 1 N–H and O–H groups in total. The summed E-state index contributed by atoms with van der Waals surface area (Å²) < 4.78 is 18.0. The number of ether oxygens (including phenoxy) is 1. The van der Waals surface area contributed by atoms with Gasteiger partial charge >= 0.3 is 5.97 Å². The number of nitrogens with one attached hydrogen (secondary N) is 1. The van der Waals surface area contributed by atoms with Crippen LogP contribution in [0.1, 0.15) is 22.8 Å². The van der Waals surface area contributed by atoms with Crippen LogP contribution < -0.4 is 5.32 Å². The predicted octanol–water partition coefficient (Wildman–Crippen LogP) is 1.50. The molecule has 1 amide bonds. The Morgan fingerprint density at radius 3 is 3.00 bits per heavy atom. The molecule has 1 aromatic rings. The molecule has 0 spiro atoms. The van der Waals surface area contributed by atoms with E-state index in [9.17, 15) is 14.0 Å². The fourth-order valence-electron chi connectivity index (χ4n) is 1.68. The van der Waals surface area contributed by atoms with Crippen LogP contribution in [0.25, 0.3) is 0 Å². The highest BCUT2D eigenvalue weighted by molar-refractivity contribution is 6.07. The molecule has 4 nitrogen and oxygen atoms in total. The van der Waals surface area contributed by atoms with Crippen molar-refractivity contribution in [3.63, 3.8) is 0 Å². The first-order chi connectivity index (χ1) is 7.61. The summed E-state index contributed by atoms with van der Waals surface area (Å²) in [5.41, 5.74) is 0.931. The number of anilines is 1. The standard InChI is InChI=1S/C11H10FNO3/c1-2-16-11(15)8-5-7(12)3-6-4-9(14)13-10(6)8/h3,5H,2,4H2,1H3,(H,13,14). The van der Waals surface area contributed by atoms with Gasteiger partial charge in [-0.2, -0.15) is 0 Å². The van der Waals surface area contributed by atoms with Gasteiger partial charge in [0.15, 0.2) is 0 Å². The van der Waals surface area contributed by atoms with Crippen molar-refractivity contribution >= 4 is 17.6 Å². The van der Waals surface area contributed by atoms with Crippen LogP contribution in [-0.2, 0) is 16.0 Å². The smallest absolute Gasteiger partial charge is 0.340 e. The number of esters is 1. The van der Waals surface area contributed by atoms with Crippen molar-refractivity contribution < 1.29 is 18.7 Å². The van der Waals surface area contributed by atoms with E-state index in [2.05, 4.69) is 5.32 Å². The number of halogens is 1. The number of fused-ring (bicyclic) bond motifs is 1. The van der Waals surface area contributed by atoms with Crippen LogP contribution in [0.3, 0.4) is 0 Å². The van der Waals surface area contributed by atoms with Gasteiger partial charge in [0, 0.05) is 0 Å². The summed E-state index contributed by atoms with van der Waals surface area (Å²) in [7, 11) is 0. The molecule has 5 heteroatoms. The molecule has 0 saturated heterocycles. The van der Waals surface area contributed by atoms with Crippen molar-refractivity contribution in [3.05, 3.63) is 29.1 Å². The van der Waals surface area contributed by atoms with Gasteiger partial charge in [-0.1, -0.05) is 0 Å². The highest BCUT2D eigenvalue weighted by Crippen LogP contribution is 2.28. The number of carbonyl (C=O) groups excluding carboxylic acids is 2. The number of hydrogen-bond donors (Lipinski definition) is 1. The van der Waals surface area contributed by atoms with E-state index >= 15 is 0 Å². The van der Waals surface area contributed by atoms with E-state index < -0.39 is 11.8 Å². The highest BCUT2D eigenvalue weighted by atomic mass is 19.1. The second-order valence-electron chi connectivity index (χ2n) is 3.43. The third-order valence-corrected chi connectivity index (χ3v) is 2.30. The number of benzene rings is 1. The molecule has 16 heavy (non-hydrogen) atoms. The lowest BCUT2D eigenvalue weighted by Crippen LogP contribution is -2.10. The Bertz CT molecular complexity index is 471. The normalized spacial score (nSPS) is 13.2. The fourth-order valence-corrected chi connectivity index (χ4v) is 1.68. The largest absolute Gasteiger partial charge is 0.462 e. The summed E-state index contributed by atoms with van der Waals surface area (Å²) >= 11 is 0. The SMILES string of the molecule is CCOC(=O)c1cc(F)cc2c1NC(=O)C2. The van der Waals surface area contributed by atoms with Crippen LogP contribution in [0, 0.1) is 5.82 Å². The van der Waals surface area contributed by atoms with E-state index in [1.807, 2.05) is 0 Å². The van der Waals surface area contributed by atoms with Crippen molar-refractivity contribution in [1.82, 2.24) is 0 Å². The van der Waals surface area contributed by atoms with Gasteiger partial charge in [-0.25, -0.2) is 9.18 Å². The molecule has 1 aliphatic heterocycles. The zero-order chi connectivity index (χ0) is 11.7. The van der Waals surface area contributed by atoms with E-state index in [1.54, 1.807) is 6.92 Å². The number of rotatable bonds is 2. The van der Waals surface area contributed by atoms with Gasteiger partial charge in [-0.05, 0) is 24.6 Å². The molecule has 0 fully saturated rings. The minimum atomic E-state index is -0.625.